The molecule has 2 aromatic rings. The lowest BCUT2D eigenvalue weighted by molar-refractivity contribution is -0.150. The van der Waals surface area contributed by atoms with Crippen LogP contribution in [0.1, 0.15) is 27.7 Å². The summed E-state index contributed by atoms with van der Waals surface area (Å²) in [5, 5.41) is 1.92. The van der Waals surface area contributed by atoms with Gasteiger partial charge in [0.25, 0.3) is 8.32 Å². The minimum Gasteiger partial charge on any atom is -0.458 e. The van der Waals surface area contributed by atoms with E-state index in [2.05, 4.69) is 45.0 Å². The summed E-state index contributed by atoms with van der Waals surface area (Å²) in [6.07, 6.45) is -1.39. The molecule has 3 rings (SSSR count). The zero-order valence-electron chi connectivity index (χ0n) is 18.2. The first kappa shape index (κ1) is 22.5. The van der Waals surface area contributed by atoms with Gasteiger partial charge in [-0.25, -0.2) is 0 Å². The molecule has 0 N–H and O–H groups in total. The first-order chi connectivity index (χ1) is 14.2. The quantitative estimate of drug-likeness (QED) is 0.399. The third kappa shape index (κ3) is 4.15. The van der Waals surface area contributed by atoms with E-state index < -0.39 is 38.6 Å². The second kappa shape index (κ2) is 8.88. The van der Waals surface area contributed by atoms with Crippen LogP contribution in [0.15, 0.2) is 60.7 Å². The monoisotopic (exact) mass is 424 g/mol. The Hall–Kier alpha value is -2.22. The number of rotatable bonds is 6. The van der Waals surface area contributed by atoms with Crippen LogP contribution in [-0.4, -0.2) is 52.7 Å². The minimum atomic E-state index is -2.93. The molecule has 1 saturated heterocycles. The number of hydrogen-bond acceptors (Lipinski definition) is 5. The average Bonchev–Trinajstić information content (AvgIpc) is 3.00. The Morgan fingerprint density at radius 1 is 1.00 bits per heavy atom. The van der Waals surface area contributed by atoms with Gasteiger partial charge in [-0.05, 0) is 15.4 Å². The molecule has 0 radical (unpaired) electrons. The molecule has 30 heavy (non-hydrogen) atoms. The zero-order valence-corrected chi connectivity index (χ0v) is 19.2. The fourth-order valence-corrected chi connectivity index (χ4v) is 9.04. The van der Waals surface area contributed by atoms with Crippen LogP contribution in [0, 0.1) is 0 Å². The van der Waals surface area contributed by atoms with Gasteiger partial charge in [-0.3, -0.25) is 4.79 Å². The van der Waals surface area contributed by atoms with Gasteiger partial charge in [-0.15, -0.1) is 0 Å². The van der Waals surface area contributed by atoms with Crippen molar-refractivity contribution in [3.8, 4) is 0 Å². The topological polar surface area (TPSA) is 61.8 Å². The van der Waals surface area contributed by atoms with E-state index in [0.29, 0.717) is 0 Å². The first-order valence-electron chi connectivity index (χ1n) is 10.3. The lowest BCUT2D eigenvalue weighted by Gasteiger charge is -2.45. The Morgan fingerprint density at radius 3 is 1.90 bits per heavy atom. The second-order valence-electron chi connectivity index (χ2n) is 8.76. The predicted octanol–water partition coefficient (Wildman–Crippen LogP) is 1.42. The summed E-state index contributed by atoms with van der Waals surface area (Å²) >= 11 is 0. The Balaban J connectivity index is 2.19. The molecule has 0 saturated carbocycles. The van der Waals surface area contributed by atoms with Gasteiger partial charge in [0.05, 0.1) is 6.00 Å². The molecule has 4 atom stereocenters. The van der Waals surface area contributed by atoms with E-state index in [1.807, 2.05) is 36.4 Å². The fraction of sp³-hybridized carbons (Fsp3) is 0.391. The van der Waals surface area contributed by atoms with E-state index in [-0.39, 0.29) is 5.04 Å². The van der Waals surface area contributed by atoms with E-state index in [1.165, 1.54) is 6.92 Å². The van der Waals surface area contributed by atoms with E-state index in [1.54, 1.807) is 7.85 Å². The van der Waals surface area contributed by atoms with Crippen molar-refractivity contribution in [3.05, 3.63) is 60.7 Å². The van der Waals surface area contributed by atoms with Gasteiger partial charge < -0.3 is 18.7 Å². The maximum Gasteiger partial charge on any atom is 0.303 e. The molecule has 7 heteroatoms. The highest BCUT2D eigenvalue weighted by Gasteiger charge is 2.56. The van der Waals surface area contributed by atoms with E-state index in [9.17, 15) is 9.59 Å². The van der Waals surface area contributed by atoms with Gasteiger partial charge in [-0.1, -0.05) is 81.4 Å². The third-order valence-corrected chi connectivity index (χ3v) is 10.7. The summed E-state index contributed by atoms with van der Waals surface area (Å²) < 4.78 is 18.4. The van der Waals surface area contributed by atoms with E-state index in [0.717, 1.165) is 16.7 Å². The number of carbonyl (C=O) groups excluding carboxylic acids is 2. The standard InChI is InChI=1S/C23H29BO5Si/c1-16(26)27-21-20(19(15-25)28-22(21)24)29-30(23(2,3)4,17-11-7-5-8-12-17)18-13-9-6-10-14-18/h5-15,19-22H,24H2,1-4H3/t19-,20-,21+,22-/m1/s1. The Morgan fingerprint density at radius 2 is 1.50 bits per heavy atom. The molecular weight excluding hydrogens is 395 g/mol. The molecule has 0 amide bonds. The van der Waals surface area contributed by atoms with Crippen LogP contribution in [0.3, 0.4) is 0 Å². The van der Waals surface area contributed by atoms with Crippen molar-refractivity contribution in [2.75, 3.05) is 0 Å². The van der Waals surface area contributed by atoms with Gasteiger partial charge in [0, 0.05) is 6.92 Å². The molecule has 1 aliphatic rings. The largest absolute Gasteiger partial charge is 0.458 e. The summed E-state index contributed by atoms with van der Waals surface area (Å²) in [6, 6.07) is 19.9. The lowest BCUT2D eigenvalue weighted by Crippen LogP contribution is -2.69. The van der Waals surface area contributed by atoms with Crippen molar-refractivity contribution in [1.29, 1.82) is 0 Å². The van der Waals surface area contributed by atoms with Crippen LogP contribution in [-0.2, 0) is 23.5 Å². The Bertz CT molecular complexity index is 829. The third-order valence-electron chi connectivity index (χ3n) is 5.65. The SMILES string of the molecule is B[C@@H]1O[C@H](C=O)[C@@H](O[Si](c2ccccc2)(c2ccccc2)C(C)(C)C)[C@@H]1OC(C)=O. The van der Waals surface area contributed by atoms with Crippen molar-refractivity contribution < 1.29 is 23.5 Å². The number of hydrogen-bond donors (Lipinski definition) is 0. The van der Waals surface area contributed by atoms with Gasteiger partial charge in [-0.2, -0.15) is 0 Å². The lowest BCUT2D eigenvalue weighted by atomic mass is 9.93. The van der Waals surface area contributed by atoms with Crippen LogP contribution in [0.5, 0.6) is 0 Å². The molecule has 0 unspecified atom stereocenters. The number of esters is 1. The highest BCUT2D eigenvalue weighted by atomic mass is 28.4. The van der Waals surface area contributed by atoms with E-state index >= 15 is 0 Å². The molecule has 1 aliphatic heterocycles. The smallest absolute Gasteiger partial charge is 0.303 e. The maximum absolute atomic E-state index is 11.9. The molecule has 0 aliphatic carbocycles. The van der Waals surface area contributed by atoms with Crippen LogP contribution in [0.2, 0.25) is 5.04 Å². The summed E-state index contributed by atoms with van der Waals surface area (Å²) in [5.41, 5.74) is 0. The van der Waals surface area contributed by atoms with Crippen LogP contribution >= 0.6 is 0 Å². The molecule has 5 nitrogen and oxygen atoms in total. The summed E-state index contributed by atoms with van der Waals surface area (Å²) in [6.45, 7) is 7.85. The zero-order chi connectivity index (χ0) is 21.9. The normalized spacial score (nSPS) is 24.4. The molecule has 1 heterocycles. The molecular formula is C23H29BO5Si. The van der Waals surface area contributed by atoms with Crippen LogP contribution < -0.4 is 10.4 Å². The molecule has 0 spiro atoms. The molecule has 1 fully saturated rings. The number of carbonyl (C=O) groups is 2. The van der Waals surface area contributed by atoms with Crippen molar-refractivity contribution in [2.45, 2.75) is 57.0 Å². The van der Waals surface area contributed by atoms with Crippen molar-refractivity contribution in [1.82, 2.24) is 0 Å². The minimum absolute atomic E-state index is 0.268. The van der Waals surface area contributed by atoms with Crippen LogP contribution in [0.25, 0.3) is 0 Å². The van der Waals surface area contributed by atoms with Crippen molar-refractivity contribution >= 4 is 38.8 Å². The molecule has 0 aromatic heterocycles. The summed E-state index contributed by atoms with van der Waals surface area (Å²) in [5.74, 6) is -0.418. The Labute approximate surface area is 180 Å². The van der Waals surface area contributed by atoms with Gasteiger partial charge >= 0.3 is 5.97 Å². The van der Waals surface area contributed by atoms with Gasteiger partial charge in [0.15, 0.2) is 6.29 Å². The molecule has 2 aromatic carbocycles. The van der Waals surface area contributed by atoms with Gasteiger partial charge in [0.1, 0.15) is 26.2 Å². The molecule has 0 bridgehead atoms. The Kier molecular flexibility index (Phi) is 6.65. The van der Waals surface area contributed by atoms with Crippen LogP contribution in [0.4, 0.5) is 0 Å². The highest BCUT2D eigenvalue weighted by Crippen LogP contribution is 2.40. The van der Waals surface area contributed by atoms with Crippen molar-refractivity contribution in [2.24, 2.45) is 0 Å². The van der Waals surface area contributed by atoms with E-state index in [4.69, 9.17) is 13.9 Å². The average molecular weight is 424 g/mol. The summed E-state index contributed by atoms with van der Waals surface area (Å²) in [7, 11) is -1.12. The predicted molar refractivity (Wildman–Crippen MR) is 121 cm³/mol. The maximum atomic E-state index is 11.9. The number of benzene rings is 2. The highest BCUT2D eigenvalue weighted by molar-refractivity contribution is 6.99. The second-order valence-corrected chi connectivity index (χ2v) is 13.0. The number of ether oxygens (including phenoxy) is 2. The summed E-state index contributed by atoms with van der Waals surface area (Å²) in [4.78, 5) is 23.7. The number of aldehydes is 1. The fourth-order valence-electron chi connectivity index (χ4n) is 4.35. The first-order valence-corrected chi connectivity index (χ1v) is 12.2. The van der Waals surface area contributed by atoms with Gasteiger partial charge in [0.2, 0.25) is 0 Å². The van der Waals surface area contributed by atoms with Crippen molar-refractivity contribution in [3.63, 3.8) is 0 Å². The molecule has 158 valence electrons.